The molecule has 0 atom stereocenters. The maximum Gasteiger partial charge on any atom is 0.235 e. The number of benzene rings is 2. The van der Waals surface area contributed by atoms with Crippen molar-refractivity contribution in [3.05, 3.63) is 52.5 Å². The van der Waals surface area contributed by atoms with Gasteiger partial charge in [-0.05, 0) is 73.5 Å². The monoisotopic (exact) mass is 490 g/mol. The Morgan fingerprint density at radius 3 is 2.61 bits per heavy atom. The van der Waals surface area contributed by atoms with Crippen LogP contribution in [0.15, 0.2) is 41.3 Å². The molecule has 2 aromatic carbocycles. The topological polar surface area (TPSA) is 84.9 Å². The van der Waals surface area contributed by atoms with Gasteiger partial charge in [-0.2, -0.15) is 0 Å². The van der Waals surface area contributed by atoms with Crippen LogP contribution in [0.3, 0.4) is 0 Å². The van der Waals surface area contributed by atoms with Crippen LogP contribution in [0, 0.1) is 0 Å². The number of hydrogen-bond acceptors (Lipinski definition) is 6. The number of carbonyl (C=O) groups excluding carboxylic acids is 1. The molecule has 33 heavy (non-hydrogen) atoms. The van der Waals surface area contributed by atoms with Gasteiger partial charge in [0.1, 0.15) is 12.4 Å². The second-order valence-corrected chi connectivity index (χ2v) is 11.5. The normalized spacial score (nSPS) is 20.4. The van der Waals surface area contributed by atoms with Gasteiger partial charge in [-0.25, -0.2) is 8.42 Å². The Morgan fingerprint density at radius 2 is 1.94 bits per heavy atom. The summed E-state index contributed by atoms with van der Waals surface area (Å²) in [6.07, 6.45) is 2.70. The third-order valence-electron chi connectivity index (χ3n) is 7.02. The average molecular weight is 491 g/mol. The lowest BCUT2D eigenvalue weighted by molar-refractivity contribution is -0.122. The molecule has 2 aromatic rings. The first-order valence-electron chi connectivity index (χ1n) is 11.1. The Hall–Kier alpha value is -2.13. The van der Waals surface area contributed by atoms with Crippen molar-refractivity contribution >= 4 is 33.0 Å². The largest absolute Gasteiger partial charge is 0.492 e. The zero-order chi connectivity index (χ0) is 23.2. The molecule has 1 amide bonds. The third-order valence-corrected chi connectivity index (χ3v) is 8.43. The minimum atomic E-state index is -3.31. The van der Waals surface area contributed by atoms with E-state index in [-0.39, 0.29) is 11.8 Å². The van der Waals surface area contributed by atoms with Crippen molar-refractivity contribution in [1.29, 1.82) is 0 Å². The highest BCUT2D eigenvalue weighted by Gasteiger charge is 2.48. The van der Waals surface area contributed by atoms with Gasteiger partial charge >= 0.3 is 0 Å². The van der Waals surface area contributed by atoms with Crippen molar-refractivity contribution in [1.82, 2.24) is 4.90 Å². The fourth-order valence-corrected chi connectivity index (χ4v) is 6.16. The van der Waals surface area contributed by atoms with Gasteiger partial charge in [0.15, 0.2) is 9.84 Å². The van der Waals surface area contributed by atoms with E-state index in [1.165, 1.54) is 6.26 Å². The van der Waals surface area contributed by atoms with Crippen LogP contribution in [0.5, 0.6) is 5.75 Å². The average Bonchev–Trinajstić information content (AvgIpc) is 2.99. The molecule has 0 unspecified atom stereocenters. The Morgan fingerprint density at radius 1 is 1.18 bits per heavy atom. The molecule has 0 radical (unpaired) electrons. The van der Waals surface area contributed by atoms with Crippen LogP contribution in [-0.4, -0.2) is 64.9 Å². The van der Waals surface area contributed by atoms with E-state index in [4.69, 9.17) is 21.1 Å². The van der Waals surface area contributed by atoms with Gasteiger partial charge in [-0.1, -0.05) is 11.6 Å². The summed E-state index contributed by atoms with van der Waals surface area (Å²) in [7, 11) is -3.31. The number of amides is 1. The molecule has 2 saturated heterocycles. The third kappa shape index (κ3) is 4.25. The summed E-state index contributed by atoms with van der Waals surface area (Å²) in [5.74, 6) is 0.816. The fraction of sp³-hybridized carbons (Fsp3) is 0.458. The summed E-state index contributed by atoms with van der Waals surface area (Å²) in [5.41, 5.74) is 2.14. The molecule has 3 aliphatic rings. The number of halogens is 1. The number of likely N-dealkylation sites (tertiary alicyclic amines) is 1. The molecular formula is C24H27ClN2O5S. The first kappa shape index (κ1) is 22.7. The molecule has 1 spiro atoms. The molecule has 3 aliphatic heterocycles. The lowest BCUT2D eigenvalue weighted by Crippen LogP contribution is -2.47. The summed E-state index contributed by atoms with van der Waals surface area (Å²) < 4.78 is 35.5. The second-order valence-electron chi connectivity index (χ2n) is 9.12. The van der Waals surface area contributed by atoms with Gasteiger partial charge in [-0.15, -0.1) is 0 Å². The van der Waals surface area contributed by atoms with Gasteiger partial charge in [-0.3, -0.25) is 9.69 Å². The van der Waals surface area contributed by atoms with Gasteiger partial charge in [0.2, 0.25) is 5.91 Å². The number of piperidine rings is 1. The van der Waals surface area contributed by atoms with Crippen LogP contribution in [0.1, 0.15) is 29.9 Å². The van der Waals surface area contributed by atoms with E-state index in [0.717, 1.165) is 49.3 Å². The molecule has 176 valence electrons. The van der Waals surface area contributed by atoms with Crippen molar-refractivity contribution in [2.75, 3.05) is 51.0 Å². The molecule has 0 aliphatic carbocycles. The van der Waals surface area contributed by atoms with Crippen molar-refractivity contribution in [3.63, 3.8) is 0 Å². The number of sulfone groups is 1. The van der Waals surface area contributed by atoms with Crippen LogP contribution in [0.25, 0.3) is 0 Å². The molecule has 0 bridgehead atoms. The van der Waals surface area contributed by atoms with E-state index in [0.29, 0.717) is 35.5 Å². The number of fused-ring (bicyclic) bond motifs is 2. The van der Waals surface area contributed by atoms with Crippen molar-refractivity contribution in [2.24, 2.45) is 0 Å². The smallest absolute Gasteiger partial charge is 0.235 e. The molecule has 0 saturated carbocycles. The van der Waals surface area contributed by atoms with Gasteiger partial charge in [0, 0.05) is 29.4 Å². The highest BCUT2D eigenvalue weighted by Crippen LogP contribution is 2.45. The SMILES string of the molecule is CS(=O)(=O)c1ccc(OCCN2CCC3(CC2)C(=O)Nc2ccc(Cl)cc23)cc1C1COC1. The number of carbonyl (C=O) groups is 1. The van der Waals surface area contributed by atoms with Crippen molar-refractivity contribution < 1.29 is 22.7 Å². The zero-order valence-electron chi connectivity index (χ0n) is 18.5. The van der Waals surface area contributed by atoms with E-state index >= 15 is 0 Å². The fourth-order valence-electron chi connectivity index (χ4n) is 5.02. The highest BCUT2D eigenvalue weighted by atomic mass is 35.5. The summed E-state index contributed by atoms with van der Waals surface area (Å²) in [4.78, 5) is 15.4. The first-order valence-corrected chi connectivity index (χ1v) is 13.4. The minimum Gasteiger partial charge on any atom is -0.492 e. The van der Waals surface area contributed by atoms with Gasteiger partial charge in [0.05, 0.1) is 23.5 Å². The molecule has 0 aromatic heterocycles. The Labute approximate surface area is 198 Å². The summed E-state index contributed by atoms with van der Waals surface area (Å²) in [6, 6.07) is 10.8. The van der Waals surface area contributed by atoms with Crippen molar-refractivity contribution in [2.45, 2.75) is 29.1 Å². The standard InChI is InChI=1S/C24H27ClN2O5S/c1-33(29,30)22-5-3-18(13-19(22)16-14-31-15-16)32-11-10-27-8-6-24(7-9-27)20-12-17(25)2-4-21(20)26-23(24)28/h2-5,12-13,16H,6-11,14-15H2,1H3,(H,26,28). The Kier molecular flexibility index (Phi) is 5.89. The lowest BCUT2D eigenvalue weighted by Gasteiger charge is -2.38. The summed E-state index contributed by atoms with van der Waals surface area (Å²) in [6.45, 7) is 3.86. The maximum absolute atomic E-state index is 12.8. The quantitative estimate of drug-likeness (QED) is 0.669. The number of anilines is 1. The number of nitrogens with zero attached hydrogens (tertiary/aromatic N) is 1. The maximum atomic E-state index is 12.8. The molecule has 2 fully saturated rings. The number of rotatable bonds is 6. The number of hydrogen-bond donors (Lipinski definition) is 1. The molecule has 5 rings (SSSR count). The Bertz CT molecular complexity index is 1190. The minimum absolute atomic E-state index is 0.0640. The first-order chi connectivity index (χ1) is 15.8. The Balaban J connectivity index is 1.20. The van der Waals surface area contributed by atoms with Crippen LogP contribution < -0.4 is 10.1 Å². The van der Waals surface area contributed by atoms with E-state index in [9.17, 15) is 13.2 Å². The van der Waals surface area contributed by atoms with Crippen LogP contribution in [0.4, 0.5) is 5.69 Å². The molecular weight excluding hydrogens is 464 g/mol. The molecule has 7 nitrogen and oxygen atoms in total. The van der Waals surface area contributed by atoms with E-state index in [1.807, 2.05) is 18.2 Å². The zero-order valence-corrected chi connectivity index (χ0v) is 20.0. The van der Waals surface area contributed by atoms with E-state index < -0.39 is 15.3 Å². The number of nitrogens with one attached hydrogen (secondary N) is 1. The second kappa shape index (κ2) is 8.58. The molecule has 3 heterocycles. The summed E-state index contributed by atoms with van der Waals surface area (Å²) in [5, 5.41) is 3.66. The van der Waals surface area contributed by atoms with Crippen LogP contribution >= 0.6 is 11.6 Å². The van der Waals surface area contributed by atoms with Crippen LogP contribution in [0.2, 0.25) is 5.02 Å². The predicted molar refractivity (Wildman–Crippen MR) is 126 cm³/mol. The predicted octanol–water partition coefficient (Wildman–Crippen LogP) is 3.22. The van der Waals surface area contributed by atoms with E-state index in [2.05, 4.69) is 10.2 Å². The van der Waals surface area contributed by atoms with E-state index in [1.54, 1.807) is 18.2 Å². The molecule has 9 heteroatoms. The van der Waals surface area contributed by atoms with Crippen molar-refractivity contribution in [3.8, 4) is 5.75 Å². The number of ether oxygens (including phenoxy) is 2. The van der Waals surface area contributed by atoms with Crippen LogP contribution in [-0.2, 0) is 24.8 Å². The summed E-state index contributed by atoms with van der Waals surface area (Å²) >= 11 is 6.20. The highest BCUT2D eigenvalue weighted by molar-refractivity contribution is 7.90. The molecule has 1 N–H and O–H groups in total. The van der Waals surface area contributed by atoms with Gasteiger partial charge < -0.3 is 14.8 Å². The lowest BCUT2D eigenvalue weighted by atomic mass is 9.73. The van der Waals surface area contributed by atoms with Gasteiger partial charge in [0.25, 0.3) is 0 Å².